The van der Waals surface area contributed by atoms with Gasteiger partial charge < -0.3 is 25.0 Å². The summed E-state index contributed by atoms with van der Waals surface area (Å²) >= 11 is 0. The summed E-state index contributed by atoms with van der Waals surface area (Å²) < 4.78 is 11.3. The quantitative estimate of drug-likeness (QED) is 0.592. The van der Waals surface area contributed by atoms with Gasteiger partial charge in [0.25, 0.3) is 0 Å². The first-order chi connectivity index (χ1) is 12.7. The minimum Gasteiger partial charge on any atom is -0.378 e. The highest BCUT2D eigenvalue weighted by molar-refractivity contribution is 5.79. The van der Waals surface area contributed by atoms with Gasteiger partial charge in [-0.15, -0.1) is 0 Å². The molecule has 0 spiro atoms. The highest BCUT2D eigenvalue weighted by atomic mass is 16.5. The van der Waals surface area contributed by atoms with E-state index in [9.17, 15) is 0 Å². The van der Waals surface area contributed by atoms with E-state index in [1.165, 1.54) is 0 Å². The second-order valence-corrected chi connectivity index (χ2v) is 7.04. The van der Waals surface area contributed by atoms with E-state index in [-0.39, 0.29) is 5.60 Å². The maximum atomic E-state index is 5.86. The summed E-state index contributed by atoms with van der Waals surface area (Å²) in [4.78, 5) is 11.6. The van der Waals surface area contributed by atoms with Gasteiger partial charge in [-0.3, -0.25) is 0 Å². The molecule has 0 aromatic carbocycles. The Labute approximate surface area is 156 Å². The third-order valence-electron chi connectivity index (χ3n) is 4.86. The van der Waals surface area contributed by atoms with Gasteiger partial charge in [-0.25, -0.2) is 9.98 Å². The number of hydrogen-bond donors (Lipinski definition) is 2. The molecule has 2 fully saturated rings. The molecule has 7 heteroatoms. The summed E-state index contributed by atoms with van der Waals surface area (Å²) in [5.74, 6) is 1.84. The summed E-state index contributed by atoms with van der Waals surface area (Å²) in [6, 6.07) is 4.08. The molecule has 1 atom stereocenters. The van der Waals surface area contributed by atoms with Crippen LogP contribution in [0.5, 0.6) is 0 Å². The van der Waals surface area contributed by atoms with Gasteiger partial charge in [0, 0.05) is 44.5 Å². The number of nitrogens with one attached hydrogen (secondary N) is 2. The first-order valence-electron chi connectivity index (χ1n) is 9.63. The van der Waals surface area contributed by atoms with Crippen LogP contribution in [0.15, 0.2) is 23.3 Å². The number of rotatable bonds is 6. The van der Waals surface area contributed by atoms with E-state index < -0.39 is 0 Å². The third-order valence-corrected chi connectivity index (χ3v) is 4.86. The molecule has 1 aromatic heterocycles. The van der Waals surface area contributed by atoms with Crippen LogP contribution >= 0.6 is 0 Å². The Morgan fingerprint density at radius 2 is 2.15 bits per heavy atom. The van der Waals surface area contributed by atoms with Gasteiger partial charge in [-0.1, -0.05) is 6.07 Å². The minimum atomic E-state index is -0.0938. The van der Waals surface area contributed by atoms with Crippen LogP contribution in [-0.2, 0) is 16.0 Å². The van der Waals surface area contributed by atoms with Crippen LogP contribution in [0.4, 0.5) is 5.82 Å². The molecule has 0 radical (unpaired) electrons. The molecule has 3 heterocycles. The average Bonchev–Trinajstić information content (AvgIpc) is 3.12. The minimum absolute atomic E-state index is 0.0938. The third kappa shape index (κ3) is 5.08. The molecule has 2 saturated heterocycles. The maximum absolute atomic E-state index is 5.86. The molecule has 0 bridgehead atoms. The molecular weight excluding hydrogens is 330 g/mol. The smallest absolute Gasteiger partial charge is 0.191 e. The lowest BCUT2D eigenvalue weighted by Gasteiger charge is -2.29. The highest BCUT2D eigenvalue weighted by Gasteiger charge is 2.29. The van der Waals surface area contributed by atoms with Gasteiger partial charge in [-0.05, 0) is 32.8 Å². The Kier molecular flexibility index (Phi) is 6.68. The van der Waals surface area contributed by atoms with Crippen molar-refractivity contribution in [3.05, 3.63) is 23.9 Å². The average molecular weight is 361 g/mol. The second-order valence-electron chi connectivity index (χ2n) is 7.04. The Bertz CT molecular complexity index is 595. The van der Waals surface area contributed by atoms with Crippen LogP contribution in [0.1, 0.15) is 32.3 Å². The van der Waals surface area contributed by atoms with E-state index in [1.54, 1.807) is 0 Å². The van der Waals surface area contributed by atoms with Crippen LogP contribution in [-0.4, -0.2) is 62.5 Å². The molecule has 2 aliphatic heterocycles. The SMILES string of the molecule is CCNC(=NCc1cccnc1N1CCOCC1)NCC1(C)CCCO1. The molecule has 2 aliphatic rings. The lowest BCUT2D eigenvalue weighted by molar-refractivity contribution is 0.0243. The molecule has 144 valence electrons. The van der Waals surface area contributed by atoms with E-state index in [2.05, 4.69) is 40.4 Å². The number of morpholine rings is 1. The molecule has 0 amide bonds. The monoisotopic (exact) mass is 361 g/mol. The number of hydrogen-bond acceptors (Lipinski definition) is 5. The molecule has 3 rings (SSSR count). The van der Waals surface area contributed by atoms with Gasteiger partial charge in [0.05, 0.1) is 25.4 Å². The van der Waals surface area contributed by atoms with Crippen molar-refractivity contribution in [2.24, 2.45) is 4.99 Å². The highest BCUT2D eigenvalue weighted by Crippen LogP contribution is 2.24. The number of pyridine rings is 1. The maximum Gasteiger partial charge on any atom is 0.191 e. The molecule has 0 aliphatic carbocycles. The number of anilines is 1. The van der Waals surface area contributed by atoms with Crippen LogP contribution in [0.25, 0.3) is 0 Å². The first-order valence-corrected chi connectivity index (χ1v) is 9.63. The van der Waals surface area contributed by atoms with Crippen LogP contribution in [0.2, 0.25) is 0 Å². The Morgan fingerprint density at radius 1 is 1.31 bits per heavy atom. The van der Waals surface area contributed by atoms with Gasteiger partial charge in [-0.2, -0.15) is 0 Å². The van der Waals surface area contributed by atoms with E-state index >= 15 is 0 Å². The summed E-state index contributed by atoms with van der Waals surface area (Å²) in [6.45, 7) is 10.5. The second kappa shape index (κ2) is 9.19. The van der Waals surface area contributed by atoms with Crippen LogP contribution in [0, 0.1) is 0 Å². The zero-order valence-corrected chi connectivity index (χ0v) is 16.0. The van der Waals surface area contributed by atoms with Crippen molar-refractivity contribution in [1.82, 2.24) is 15.6 Å². The number of aliphatic imine (C=N–C) groups is 1. The normalized spacial score (nSPS) is 23.9. The van der Waals surface area contributed by atoms with Crippen LogP contribution < -0.4 is 15.5 Å². The fraction of sp³-hybridized carbons (Fsp3) is 0.684. The van der Waals surface area contributed by atoms with Crippen molar-refractivity contribution in [3.8, 4) is 0 Å². The largest absolute Gasteiger partial charge is 0.378 e. The Balaban J connectivity index is 1.65. The van der Waals surface area contributed by atoms with Crippen molar-refractivity contribution < 1.29 is 9.47 Å². The van der Waals surface area contributed by atoms with E-state index in [0.717, 1.165) is 76.2 Å². The van der Waals surface area contributed by atoms with Gasteiger partial charge in [0.15, 0.2) is 5.96 Å². The van der Waals surface area contributed by atoms with Crippen LogP contribution in [0.3, 0.4) is 0 Å². The van der Waals surface area contributed by atoms with E-state index in [1.807, 2.05) is 12.3 Å². The Hall–Kier alpha value is -1.86. The van der Waals surface area contributed by atoms with E-state index in [0.29, 0.717) is 6.54 Å². The fourth-order valence-electron chi connectivity index (χ4n) is 3.37. The zero-order chi connectivity index (χ0) is 18.2. The first kappa shape index (κ1) is 18.9. The number of nitrogens with zero attached hydrogens (tertiary/aromatic N) is 3. The summed E-state index contributed by atoms with van der Waals surface area (Å²) in [6.07, 6.45) is 4.06. The van der Waals surface area contributed by atoms with Crippen molar-refractivity contribution >= 4 is 11.8 Å². The molecule has 1 unspecified atom stereocenters. The molecule has 7 nitrogen and oxygen atoms in total. The molecular formula is C19H31N5O2. The number of ether oxygens (including phenoxy) is 2. The predicted octanol–water partition coefficient (Wildman–Crippen LogP) is 1.54. The number of guanidine groups is 1. The molecule has 1 aromatic rings. The fourth-order valence-corrected chi connectivity index (χ4v) is 3.37. The summed E-state index contributed by atoms with van der Waals surface area (Å²) in [5.41, 5.74) is 1.04. The van der Waals surface area contributed by atoms with E-state index in [4.69, 9.17) is 14.5 Å². The standard InChI is InChI=1S/C19H31N5O2/c1-3-20-18(23-15-19(2)7-5-11-26-19)22-14-16-6-4-8-21-17(16)24-9-12-25-13-10-24/h4,6,8H,3,5,7,9-15H2,1-2H3,(H2,20,22,23). The molecule has 26 heavy (non-hydrogen) atoms. The van der Waals surface area contributed by atoms with Crippen molar-refractivity contribution in [3.63, 3.8) is 0 Å². The van der Waals surface area contributed by atoms with Gasteiger partial charge in [0.2, 0.25) is 0 Å². The lowest BCUT2D eigenvalue weighted by Crippen LogP contribution is -2.45. The Morgan fingerprint density at radius 3 is 2.88 bits per heavy atom. The lowest BCUT2D eigenvalue weighted by atomic mass is 10.0. The van der Waals surface area contributed by atoms with Gasteiger partial charge >= 0.3 is 0 Å². The summed E-state index contributed by atoms with van der Waals surface area (Å²) in [7, 11) is 0. The summed E-state index contributed by atoms with van der Waals surface area (Å²) in [5, 5.41) is 6.75. The van der Waals surface area contributed by atoms with Crippen molar-refractivity contribution in [2.75, 3.05) is 50.9 Å². The molecule has 0 saturated carbocycles. The van der Waals surface area contributed by atoms with Crippen molar-refractivity contribution in [1.29, 1.82) is 0 Å². The molecule has 2 N–H and O–H groups in total. The zero-order valence-electron chi connectivity index (χ0n) is 16.0. The topological polar surface area (TPSA) is 71.0 Å². The van der Waals surface area contributed by atoms with Gasteiger partial charge in [0.1, 0.15) is 5.82 Å². The predicted molar refractivity (Wildman–Crippen MR) is 104 cm³/mol. The number of aromatic nitrogens is 1. The van der Waals surface area contributed by atoms with Crippen molar-refractivity contribution in [2.45, 2.75) is 38.8 Å².